The highest BCUT2D eigenvalue weighted by Gasteiger charge is 2.37. The first-order chi connectivity index (χ1) is 17.7. The monoisotopic (exact) mass is 493 g/mol. The van der Waals surface area contributed by atoms with E-state index in [1.165, 1.54) is 11.3 Å². The molecule has 1 amide bonds. The molecule has 0 unspecified atom stereocenters. The van der Waals surface area contributed by atoms with E-state index in [1.54, 1.807) is 11.1 Å². The summed E-state index contributed by atoms with van der Waals surface area (Å²) < 4.78 is 12.9. The number of para-hydroxylation sites is 3. The molecule has 0 fully saturated rings. The minimum Gasteiger partial charge on any atom is -0.492 e. The van der Waals surface area contributed by atoms with E-state index in [-0.39, 0.29) is 5.91 Å². The molecule has 2 aromatic heterocycles. The van der Waals surface area contributed by atoms with Gasteiger partial charge < -0.3 is 9.47 Å². The number of benzene rings is 3. The fourth-order valence-corrected chi connectivity index (χ4v) is 5.51. The Bertz CT molecular complexity index is 1500. The van der Waals surface area contributed by atoms with Crippen molar-refractivity contribution in [2.24, 2.45) is 0 Å². The van der Waals surface area contributed by atoms with Gasteiger partial charge in [-0.25, -0.2) is 4.98 Å². The molecule has 0 N–H and O–H groups in total. The Morgan fingerprint density at radius 1 is 0.944 bits per heavy atom. The van der Waals surface area contributed by atoms with Gasteiger partial charge in [0.1, 0.15) is 22.8 Å². The van der Waals surface area contributed by atoms with E-state index < -0.39 is 5.92 Å². The van der Waals surface area contributed by atoms with Crippen LogP contribution in [0.15, 0.2) is 91.1 Å². The van der Waals surface area contributed by atoms with Crippen molar-refractivity contribution < 1.29 is 14.3 Å². The second-order valence-corrected chi connectivity index (χ2v) is 9.40. The van der Waals surface area contributed by atoms with Gasteiger partial charge in [0.05, 0.1) is 29.5 Å². The van der Waals surface area contributed by atoms with Crippen LogP contribution >= 0.6 is 11.3 Å². The number of aromatic nitrogens is 2. The number of amides is 1. The van der Waals surface area contributed by atoms with Crippen molar-refractivity contribution in [2.45, 2.75) is 19.4 Å². The van der Waals surface area contributed by atoms with E-state index in [0.29, 0.717) is 35.5 Å². The molecule has 36 heavy (non-hydrogen) atoms. The summed E-state index contributed by atoms with van der Waals surface area (Å²) in [5, 5.41) is 0.606. The van der Waals surface area contributed by atoms with Crippen molar-refractivity contribution in [2.75, 3.05) is 11.5 Å². The van der Waals surface area contributed by atoms with Gasteiger partial charge in [0.15, 0.2) is 5.13 Å². The number of rotatable bonds is 6. The van der Waals surface area contributed by atoms with Crippen LogP contribution < -0.4 is 14.4 Å². The van der Waals surface area contributed by atoms with Gasteiger partial charge in [0, 0.05) is 17.3 Å². The molecular weight excluding hydrogens is 470 g/mol. The largest absolute Gasteiger partial charge is 0.492 e. The molecule has 7 heteroatoms. The van der Waals surface area contributed by atoms with E-state index in [9.17, 15) is 4.79 Å². The van der Waals surface area contributed by atoms with Gasteiger partial charge in [-0.2, -0.15) is 0 Å². The summed E-state index contributed by atoms with van der Waals surface area (Å²) in [7, 11) is 0. The maximum absolute atomic E-state index is 14.5. The lowest BCUT2D eigenvalue weighted by Gasteiger charge is -2.31. The van der Waals surface area contributed by atoms with Crippen LogP contribution in [0.25, 0.3) is 10.2 Å². The normalized spacial score (nSPS) is 12.5. The van der Waals surface area contributed by atoms with Gasteiger partial charge in [0.2, 0.25) is 5.91 Å². The molecule has 0 bridgehead atoms. The fourth-order valence-electron chi connectivity index (χ4n) is 4.52. The summed E-state index contributed by atoms with van der Waals surface area (Å²) in [6.07, 6.45) is 1.74. The standard InChI is InChI=1S/C29H23N3O3S/c1-2-34-24-15-9-16-25-27(24)31-29(36-25)32(18-19-10-7-8-17-30-19)28(33)26-20-11-3-5-13-22(20)35-23-14-6-4-12-21(23)26/h3-17,26H,2,18H2,1H3. The predicted molar refractivity (Wildman–Crippen MR) is 141 cm³/mol. The minimum absolute atomic E-state index is 0.0825. The molecule has 5 aromatic rings. The molecule has 0 atom stereocenters. The number of anilines is 1. The maximum atomic E-state index is 14.5. The second kappa shape index (κ2) is 9.43. The Hall–Kier alpha value is -4.23. The van der Waals surface area contributed by atoms with Crippen molar-refractivity contribution in [1.82, 2.24) is 9.97 Å². The van der Waals surface area contributed by atoms with Crippen LogP contribution in [0.5, 0.6) is 17.2 Å². The molecule has 3 heterocycles. The summed E-state index contributed by atoms with van der Waals surface area (Å²) in [5.74, 6) is 1.48. The number of carbonyl (C=O) groups is 1. The van der Waals surface area contributed by atoms with Gasteiger partial charge in [-0.15, -0.1) is 0 Å². The van der Waals surface area contributed by atoms with Crippen molar-refractivity contribution in [3.05, 3.63) is 108 Å². The highest BCUT2D eigenvalue weighted by atomic mass is 32.1. The summed E-state index contributed by atoms with van der Waals surface area (Å²) in [6.45, 7) is 2.78. The van der Waals surface area contributed by atoms with Gasteiger partial charge in [0.25, 0.3) is 0 Å². The number of carbonyl (C=O) groups excluding carboxylic acids is 1. The van der Waals surface area contributed by atoms with Crippen LogP contribution in [0.3, 0.4) is 0 Å². The van der Waals surface area contributed by atoms with Crippen LogP contribution in [0.4, 0.5) is 5.13 Å². The summed E-state index contributed by atoms with van der Waals surface area (Å²) in [6, 6.07) is 27.0. The molecule has 1 aliphatic rings. The first-order valence-corrected chi connectivity index (χ1v) is 12.6. The molecule has 6 nitrogen and oxygen atoms in total. The van der Waals surface area contributed by atoms with Crippen LogP contribution in [0.2, 0.25) is 0 Å². The molecule has 0 spiro atoms. The quantitative estimate of drug-likeness (QED) is 0.268. The van der Waals surface area contributed by atoms with Crippen LogP contribution in [-0.4, -0.2) is 22.5 Å². The number of hydrogen-bond donors (Lipinski definition) is 0. The van der Waals surface area contributed by atoms with E-state index in [0.717, 1.165) is 27.0 Å². The molecule has 0 saturated carbocycles. The minimum atomic E-state index is -0.534. The Kier molecular flexibility index (Phi) is 5.83. The highest BCUT2D eigenvalue weighted by molar-refractivity contribution is 7.22. The average Bonchev–Trinajstić information content (AvgIpc) is 3.36. The van der Waals surface area contributed by atoms with Crippen LogP contribution in [-0.2, 0) is 11.3 Å². The van der Waals surface area contributed by atoms with Crippen molar-refractivity contribution in [1.29, 1.82) is 0 Å². The Labute approximate surface area is 212 Å². The third-order valence-corrected chi connectivity index (χ3v) is 7.18. The zero-order valence-corrected chi connectivity index (χ0v) is 20.4. The summed E-state index contributed by atoms with van der Waals surface area (Å²) >= 11 is 1.47. The smallest absolute Gasteiger partial charge is 0.241 e. The lowest BCUT2D eigenvalue weighted by atomic mass is 9.87. The molecule has 1 aliphatic heterocycles. The van der Waals surface area contributed by atoms with Crippen molar-refractivity contribution in [3.8, 4) is 17.2 Å². The number of fused-ring (bicyclic) bond motifs is 3. The summed E-state index contributed by atoms with van der Waals surface area (Å²) in [5.41, 5.74) is 3.21. The van der Waals surface area contributed by atoms with E-state index in [2.05, 4.69) is 4.98 Å². The van der Waals surface area contributed by atoms with Crippen LogP contribution in [0.1, 0.15) is 29.7 Å². The average molecular weight is 494 g/mol. The zero-order chi connectivity index (χ0) is 24.5. The zero-order valence-electron chi connectivity index (χ0n) is 19.6. The molecule has 6 rings (SSSR count). The SMILES string of the molecule is CCOc1cccc2sc(N(Cc3ccccn3)C(=O)C3c4ccccc4Oc4ccccc43)nc12. The second-order valence-electron chi connectivity index (χ2n) is 8.39. The van der Waals surface area contributed by atoms with Crippen molar-refractivity contribution in [3.63, 3.8) is 0 Å². The van der Waals surface area contributed by atoms with Crippen LogP contribution in [0, 0.1) is 0 Å². The topological polar surface area (TPSA) is 64.5 Å². The maximum Gasteiger partial charge on any atom is 0.241 e. The van der Waals surface area contributed by atoms with E-state index in [4.69, 9.17) is 14.5 Å². The molecule has 178 valence electrons. The molecule has 0 radical (unpaired) electrons. The molecule has 3 aromatic carbocycles. The fraction of sp³-hybridized carbons (Fsp3) is 0.138. The number of nitrogens with zero attached hydrogens (tertiary/aromatic N) is 3. The van der Waals surface area contributed by atoms with Gasteiger partial charge in [-0.05, 0) is 43.3 Å². The van der Waals surface area contributed by atoms with E-state index in [1.807, 2.05) is 91.9 Å². The first-order valence-electron chi connectivity index (χ1n) is 11.8. The predicted octanol–water partition coefficient (Wildman–Crippen LogP) is 6.56. The van der Waals surface area contributed by atoms with Gasteiger partial charge >= 0.3 is 0 Å². The number of hydrogen-bond acceptors (Lipinski definition) is 6. The molecular formula is C29H23N3O3S. The Morgan fingerprint density at radius 3 is 2.36 bits per heavy atom. The molecule has 0 saturated heterocycles. The molecule has 0 aliphatic carbocycles. The number of pyridine rings is 1. The van der Waals surface area contributed by atoms with E-state index >= 15 is 0 Å². The highest BCUT2D eigenvalue weighted by Crippen LogP contribution is 2.46. The first kappa shape index (κ1) is 22.2. The number of thiazole rings is 1. The lowest BCUT2D eigenvalue weighted by Crippen LogP contribution is -2.36. The third kappa shape index (κ3) is 3.97. The lowest BCUT2D eigenvalue weighted by molar-refractivity contribution is -0.119. The Balaban J connectivity index is 1.49. The number of ether oxygens (including phenoxy) is 2. The van der Waals surface area contributed by atoms with Gasteiger partial charge in [-0.3, -0.25) is 14.7 Å². The third-order valence-electron chi connectivity index (χ3n) is 6.14. The van der Waals surface area contributed by atoms with Gasteiger partial charge in [-0.1, -0.05) is 59.9 Å². The van der Waals surface area contributed by atoms with Crippen molar-refractivity contribution >= 4 is 32.6 Å². The summed E-state index contributed by atoms with van der Waals surface area (Å²) in [4.78, 5) is 25.6. The Morgan fingerprint density at radius 2 is 1.67 bits per heavy atom.